The number of alkyl carbamates (subject to hydrolysis) is 1. The van der Waals surface area contributed by atoms with E-state index in [1.807, 2.05) is 152 Å². The van der Waals surface area contributed by atoms with E-state index < -0.39 is 48.6 Å². The van der Waals surface area contributed by atoms with Crippen LogP contribution < -0.4 is 5.32 Å². The molecule has 6 atom stereocenters. The highest BCUT2D eigenvalue weighted by molar-refractivity contribution is 5.72. The first kappa shape index (κ1) is 42.3. The van der Waals surface area contributed by atoms with E-state index >= 15 is 0 Å². The third-order valence-electron chi connectivity index (χ3n) is 9.95. The minimum absolute atomic E-state index is 0.0560. The molecule has 0 saturated carbocycles. The van der Waals surface area contributed by atoms with Gasteiger partial charge in [0.25, 0.3) is 0 Å². The van der Waals surface area contributed by atoms with Crippen LogP contribution in [0.5, 0.6) is 0 Å². The monoisotopic (exact) mass is 787 g/mol. The highest BCUT2D eigenvalue weighted by Crippen LogP contribution is 2.33. The second-order valence-electron chi connectivity index (χ2n) is 14.3. The number of esters is 1. The number of benzene rings is 5. The third kappa shape index (κ3) is 13.6. The SMILES string of the molecule is COC(=O)C[C@H](CC[C@H]1O[C@H](COCc2ccccc2)[C@H](OCc2ccccc2)[C@H](OCc2ccccc2)[C@H]1OCc1ccccc1)NC(=O)OCc1ccccc1. The number of carbonyl (C=O) groups is 2. The molecule has 1 aliphatic heterocycles. The Morgan fingerprint density at radius 3 is 1.43 bits per heavy atom. The molecule has 10 nitrogen and oxygen atoms in total. The van der Waals surface area contributed by atoms with Crippen molar-refractivity contribution in [2.75, 3.05) is 13.7 Å². The first-order valence-corrected chi connectivity index (χ1v) is 19.8. The van der Waals surface area contributed by atoms with Gasteiger partial charge in [-0.3, -0.25) is 4.79 Å². The topological polar surface area (TPSA) is 111 Å². The maximum Gasteiger partial charge on any atom is 0.407 e. The minimum Gasteiger partial charge on any atom is -0.469 e. The fraction of sp³-hybridized carbons (Fsp3) is 0.333. The van der Waals surface area contributed by atoms with Gasteiger partial charge in [0.1, 0.15) is 31.0 Å². The number of hydrogen-bond acceptors (Lipinski definition) is 9. The molecule has 0 radical (unpaired) electrons. The number of nitrogens with one attached hydrogen (secondary N) is 1. The van der Waals surface area contributed by atoms with Gasteiger partial charge in [-0.05, 0) is 40.7 Å². The van der Waals surface area contributed by atoms with Crippen LogP contribution in [0.3, 0.4) is 0 Å². The number of ether oxygens (including phenoxy) is 7. The molecule has 5 aromatic carbocycles. The second kappa shape index (κ2) is 23.1. The van der Waals surface area contributed by atoms with Crippen LogP contribution in [0.25, 0.3) is 0 Å². The normalized spacial score (nSPS) is 19.5. The van der Waals surface area contributed by atoms with E-state index in [9.17, 15) is 9.59 Å². The summed E-state index contributed by atoms with van der Waals surface area (Å²) in [5.41, 5.74) is 4.88. The van der Waals surface area contributed by atoms with Gasteiger partial charge >= 0.3 is 12.1 Å². The zero-order chi connectivity index (χ0) is 40.2. The fourth-order valence-electron chi connectivity index (χ4n) is 6.92. The molecule has 58 heavy (non-hydrogen) atoms. The largest absolute Gasteiger partial charge is 0.469 e. The van der Waals surface area contributed by atoms with Crippen LogP contribution in [-0.2, 0) is 71.0 Å². The van der Waals surface area contributed by atoms with Gasteiger partial charge in [0.15, 0.2) is 0 Å². The van der Waals surface area contributed by atoms with Gasteiger partial charge in [-0.1, -0.05) is 152 Å². The summed E-state index contributed by atoms with van der Waals surface area (Å²) in [4.78, 5) is 25.7. The lowest BCUT2D eigenvalue weighted by Gasteiger charge is -2.46. The average molecular weight is 788 g/mol. The van der Waals surface area contributed by atoms with E-state index in [-0.39, 0.29) is 19.6 Å². The summed E-state index contributed by atoms with van der Waals surface area (Å²) >= 11 is 0. The lowest BCUT2D eigenvalue weighted by Crippen LogP contribution is -2.61. The summed E-state index contributed by atoms with van der Waals surface area (Å²) in [5.74, 6) is -0.458. The Kier molecular flexibility index (Phi) is 16.9. The minimum atomic E-state index is -0.634. The maximum absolute atomic E-state index is 13.1. The predicted octanol–water partition coefficient (Wildman–Crippen LogP) is 8.37. The molecule has 1 N–H and O–H groups in total. The number of amides is 1. The van der Waals surface area contributed by atoms with E-state index in [0.717, 1.165) is 27.8 Å². The molecule has 0 bridgehead atoms. The Morgan fingerprint density at radius 2 is 0.966 bits per heavy atom. The highest BCUT2D eigenvalue weighted by atomic mass is 16.6. The van der Waals surface area contributed by atoms with Crippen molar-refractivity contribution in [3.05, 3.63) is 179 Å². The van der Waals surface area contributed by atoms with Crippen LogP contribution in [0, 0.1) is 0 Å². The molecule has 1 fully saturated rings. The molecule has 6 rings (SSSR count). The van der Waals surface area contributed by atoms with Crippen molar-refractivity contribution >= 4 is 12.1 Å². The van der Waals surface area contributed by atoms with Crippen molar-refractivity contribution < 1.29 is 42.7 Å². The molecular formula is C48H53NO9. The van der Waals surface area contributed by atoms with Crippen LogP contribution in [0.15, 0.2) is 152 Å². The molecule has 1 heterocycles. The van der Waals surface area contributed by atoms with Gasteiger partial charge in [-0.25, -0.2) is 4.79 Å². The van der Waals surface area contributed by atoms with Crippen molar-refractivity contribution in [2.24, 2.45) is 0 Å². The van der Waals surface area contributed by atoms with E-state index in [2.05, 4.69) is 5.32 Å². The molecule has 1 aliphatic rings. The molecular weight excluding hydrogens is 735 g/mol. The molecule has 0 unspecified atom stereocenters. The first-order chi connectivity index (χ1) is 28.5. The third-order valence-corrected chi connectivity index (χ3v) is 9.95. The molecule has 1 amide bonds. The smallest absolute Gasteiger partial charge is 0.407 e. The van der Waals surface area contributed by atoms with Crippen molar-refractivity contribution in [2.45, 2.75) is 88.9 Å². The van der Waals surface area contributed by atoms with Crippen LogP contribution in [-0.4, -0.2) is 62.3 Å². The van der Waals surface area contributed by atoms with Crippen molar-refractivity contribution in [1.82, 2.24) is 5.32 Å². The van der Waals surface area contributed by atoms with Gasteiger partial charge < -0.3 is 38.5 Å². The predicted molar refractivity (Wildman–Crippen MR) is 219 cm³/mol. The molecule has 1 saturated heterocycles. The van der Waals surface area contributed by atoms with E-state index in [0.29, 0.717) is 39.3 Å². The summed E-state index contributed by atoms with van der Waals surface area (Å²) in [7, 11) is 1.33. The van der Waals surface area contributed by atoms with Gasteiger partial charge in [0.2, 0.25) is 0 Å². The van der Waals surface area contributed by atoms with Gasteiger partial charge in [-0.15, -0.1) is 0 Å². The summed E-state index contributed by atoms with van der Waals surface area (Å²) < 4.78 is 44.3. The lowest BCUT2D eigenvalue weighted by molar-refractivity contribution is -0.273. The van der Waals surface area contributed by atoms with Gasteiger partial charge in [-0.2, -0.15) is 0 Å². The van der Waals surface area contributed by atoms with Crippen molar-refractivity contribution in [3.8, 4) is 0 Å². The second-order valence-corrected chi connectivity index (χ2v) is 14.3. The van der Waals surface area contributed by atoms with E-state index in [4.69, 9.17) is 33.2 Å². The fourth-order valence-corrected chi connectivity index (χ4v) is 6.92. The molecule has 5 aromatic rings. The number of rotatable bonds is 21. The Labute approximate surface area is 341 Å². The van der Waals surface area contributed by atoms with E-state index in [1.165, 1.54) is 7.11 Å². The summed E-state index contributed by atoms with van der Waals surface area (Å²) in [6.07, 6.45) is -2.85. The van der Waals surface area contributed by atoms with Gasteiger partial charge in [0.05, 0.1) is 52.7 Å². The van der Waals surface area contributed by atoms with Crippen LogP contribution in [0.2, 0.25) is 0 Å². The van der Waals surface area contributed by atoms with Crippen molar-refractivity contribution in [3.63, 3.8) is 0 Å². The van der Waals surface area contributed by atoms with E-state index in [1.54, 1.807) is 0 Å². The molecule has 10 heteroatoms. The van der Waals surface area contributed by atoms with Crippen LogP contribution in [0.4, 0.5) is 4.79 Å². The Morgan fingerprint density at radius 1 is 0.552 bits per heavy atom. The van der Waals surface area contributed by atoms with Gasteiger partial charge in [0, 0.05) is 6.04 Å². The molecule has 304 valence electrons. The lowest BCUT2D eigenvalue weighted by atomic mass is 9.90. The zero-order valence-electron chi connectivity index (χ0n) is 32.9. The average Bonchev–Trinajstić information content (AvgIpc) is 3.27. The van der Waals surface area contributed by atoms with Crippen LogP contribution in [0.1, 0.15) is 47.1 Å². The standard InChI is InChI=1S/C48H53NO9/c1-52-44(50)29-41(49-48(51)57-34-40-25-15-6-16-26-40)27-28-42-45(54-31-37-19-9-3-10-20-37)47(56-33-39-23-13-5-14-24-39)46(55-32-38-21-11-4-12-22-38)43(58-42)35-53-30-36-17-7-2-8-18-36/h2-26,41-43,45-47H,27-35H2,1H3,(H,49,51)/t41-,42+,43+,45-,46-,47+/m0/s1. The maximum atomic E-state index is 13.1. The molecule has 0 aliphatic carbocycles. The quantitative estimate of drug-likeness (QED) is 0.0734. The molecule has 0 aromatic heterocycles. The molecule has 0 spiro atoms. The summed E-state index contributed by atoms with van der Waals surface area (Å²) in [6.45, 7) is 1.63. The Bertz CT molecular complexity index is 1900. The van der Waals surface area contributed by atoms with Crippen molar-refractivity contribution in [1.29, 1.82) is 0 Å². The van der Waals surface area contributed by atoms with Crippen LogP contribution >= 0.6 is 0 Å². The highest BCUT2D eigenvalue weighted by Gasteiger charge is 2.48. The Balaban J connectivity index is 1.27. The zero-order valence-corrected chi connectivity index (χ0v) is 32.9. The number of carbonyl (C=O) groups excluding carboxylic acids is 2. The summed E-state index contributed by atoms with van der Waals surface area (Å²) in [5, 5.41) is 2.89. The Hall–Kier alpha value is -5.36. The number of methoxy groups -OCH3 is 1. The summed E-state index contributed by atoms with van der Waals surface area (Å²) in [6, 6.07) is 48.7. The number of hydrogen-bond donors (Lipinski definition) is 1. The first-order valence-electron chi connectivity index (χ1n) is 19.8.